The Hall–Kier alpha value is -3.87. The van der Waals surface area contributed by atoms with Gasteiger partial charge in [-0.15, -0.1) is 0 Å². The van der Waals surface area contributed by atoms with Gasteiger partial charge in [0.15, 0.2) is 0 Å². The Morgan fingerprint density at radius 3 is 2.28 bits per heavy atom. The summed E-state index contributed by atoms with van der Waals surface area (Å²) < 4.78 is 52.3. The first kappa shape index (κ1) is 34.5. The van der Waals surface area contributed by atoms with E-state index in [0.717, 1.165) is 82.2 Å². The number of aromatic nitrogens is 3. The number of carbonyl (C=O) groups is 2. The van der Waals surface area contributed by atoms with Crippen LogP contribution in [0, 0.1) is 11.8 Å². The van der Waals surface area contributed by atoms with Crippen LogP contribution >= 0.6 is 0 Å². The van der Waals surface area contributed by atoms with E-state index in [1.165, 1.54) is 13.2 Å². The van der Waals surface area contributed by atoms with Crippen molar-refractivity contribution in [2.24, 2.45) is 11.8 Å². The van der Waals surface area contributed by atoms with Crippen LogP contribution in [-0.4, -0.2) is 82.5 Å². The third-order valence-electron chi connectivity index (χ3n) is 8.96. The number of anilines is 1. The Balaban J connectivity index is 1.13. The first-order valence-electron chi connectivity index (χ1n) is 16.3. The summed E-state index contributed by atoms with van der Waals surface area (Å²) in [5.74, 6) is 0.759. The SMILES string of the molecule is COc1cc2nn(C3CCC(CN(C)CC4CCN(C(=O)OC(C)(C)C)CC4)CC3)cc2cc1NC(=O)c1cccc(C(F)(F)F)n1. The summed E-state index contributed by atoms with van der Waals surface area (Å²) in [6, 6.07) is 6.91. The van der Waals surface area contributed by atoms with Gasteiger partial charge in [0.2, 0.25) is 0 Å². The molecule has 0 spiro atoms. The van der Waals surface area contributed by atoms with Crippen LogP contribution in [0.4, 0.5) is 23.7 Å². The zero-order valence-corrected chi connectivity index (χ0v) is 27.8. The van der Waals surface area contributed by atoms with E-state index in [1.807, 2.05) is 36.5 Å². The molecule has 1 saturated heterocycles. The monoisotopic (exact) mass is 658 g/mol. The first-order valence-corrected chi connectivity index (χ1v) is 16.3. The third kappa shape index (κ3) is 8.94. The minimum absolute atomic E-state index is 0.218. The number of alkyl halides is 3. The van der Waals surface area contributed by atoms with Crippen LogP contribution in [0.1, 0.15) is 81.5 Å². The van der Waals surface area contributed by atoms with E-state index >= 15 is 0 Å². The van der Waals surface area contributed by atoms with Crippen molar-refractivity contribution in [3.63, 3.8) is 0 Å². The molecule has 0 radical (unpaired) electrons. The lowest BCUT2D eigenvalue weighted by Crippen LogP contribution is -2.43. The molecule has 2 fully saturated rings. The highest BCUT2D eigenvalue weighted by Crippen LogP contribution is 2.36. The van der Waals surface area contributed by atoms with Gasteiger partial charge in [0.25, 0.3) is 5.91 Å². The van der Waals surface area contributed by atoms with Crippen molar-refractivity contribution in [1.29, 1.82) is 0 Å². The molecule has 2 aromatic heterocycles. The molecule has 3 aromatic rings. The van der Waals surface area contributed by atoms with Crippen molar-refractivity contribution in [1.82, 2.24) is 24.6 Å². The number of ether oxygens (including phenoxy) is 2. The molecule has 0 bridgehead atoms. The van der Waals surface area contributed by atoms with Gasteiger partial charge in [-0.05, 0) is 96.4 Å². The molecule has 1 N–H and O–H groups in total. The minimum atomic E-state index is -4.65. The van der Waals surface area contributed by atoms with Crippen molar-refractivity contribution in [2.45, 2.75) is 77.1 Å². The van der Waals surface area contributed by atoms with E-state index in [2.05, 4.69) is 22.2 Å². The van der Waals surface area contributed by atoms with Crippen LogP contribution in [0.2, 0.25) is 0 Å². The molecule has 47 heavy (non-hydrogen) atoms. The van der Waals surface area contributed by atoms with Crippen LogP contribution in [0.3, 0.4) is 0 Å². The van der Waals surface area contributed by atoms with Gasteiger partial charge in [-0.25, -0.2) is 9.78 Å². The second-order valence-corrected chi connectivity index (χ2v) is 13.9. The highest BCUT2D eigenvalue weighted by molar-refractivity contribution is 6.05. The van der Waals surface area contributed by atoms with E-state index < -0.39 is 23.4 Å². The number of rotatable bonds is 8. The average molecular weight is 659 g/mol. The van der Waals surface area contributed by atoms with Gasteiger partial charge < -0.3 is 24.6 Å². The van der Waals surface area contributed by atoms with Gasteiger partial charge in [0.1, 0.15) is 22.7 Å². The summed E-state index contributed by atoms with van der Waals surface area (Å²) in [5, 5.41) is 8.24. The lowest BCUT2D eigenvalue weighted by molar-refractivity contribution is -0.141. The van der Waals surface area contributed by atoms with Gasteiger partial charge in [0.05, 0.1) is 24.4 Å². The maximum absolute atomic E-state index is 13.1. The molecule has 1 saturated carbocycles. The minimum Gasteiger partial charge on any atom is -0.494 e. The van der Waals surface area contributed by atoms with Crippen molar-refractivity contribution < 1.29 is 32.2 Å². The number of nitrogens with one attached hydrogen (secondary N) is 1. The molecule has 3 heterocycles. The van der Waals surface area contributed by atoms with Crippen molar-refractivity contribution in [3.8, 4) is 5.75 Å². The number of piperidine rings is 1. The maximum atomic E-state index is 13.1. The fourth-order valence-electron chi connectivity index (χ4n) is 6.60. The van der Waals surface area contributed by atoms with Crippen LogP contribution in [0.15, 0.2) is 36.5 Å². The number of pyridine rings is 1. The Labute approximate surface area is 273 Å². The fourth-order valence-corrected chi connectivity index (χ4v) is 6.60. The van der Waals surface area contributed by atoms with Gasteiger partial charge in [0, 0.05) is 43.8 Å². The number of nitrogens with zero attached hydrogens (tertiary/aromatic N) is 5. The van der Waals surface area contributed by atoms with Gasteiger partial charge in [-0.3, -0.25) is 9.48 Å². The van der Waals surface area contributed by atoms with Crippen LogP contribution < -0.4 is 10.1 Å². The summed E-state index contributed by atoms with van der Waals surface area (Å²) in [6.07, 6.45) is 3.25. The highest BCUT2D eigenvalue weighted by atomic mass is 19.4. The predicted molar refractivity (Wildman–Crippen MR) is 173 cm³/mol. The Morgan fingerprint density at radius 1 is 1.00 bits per heavy atom. The third-order valence-corrected chi connectivity index (χ3v) is 8.96. The number of methoxy groups -OCH3 is 1. The molecule has 0 unspecified atom stereocenters. The van der Waals surface area contributed by atoms with Gasteiger partial charge in [-0.1, -0.05) is 6.07 Å². The average Bonchev–Trinajstić information content (AvgIpc) is 3.43. The second kappa shape index (κ2) is 14.1. The zero-order valence-electron chi connectivity index (χ0n) is 27.8. The number of benzene rings is 1. The molecule has 2 aliphatic rings. The van der Waals surface area contributed by atoms with Crippen LogP contribution in [-0.2, 0) is 10.9 Å². The molecule has 1 aromatic carbocycles. The number of hydrogen-bond acceptors (Lipinski definition) is 7. The molecule has 1 aliphatic heterocycles. The lowest BCUT2D eigenvalue weighted by atomic mass is 9.85. The second-order valence-electron chi connectivity index (χ2n) is 13.9. The lowest BCUT2D eigenvalue weighted by Gasteiger charge is -2.36. The number of amides is 2. The normalized spacial score (nSPS) is 19.6. The topological polar surface area (TPSA) is 102 Å². The van der Waals surface area contributed by atoms with Gasteiger partial charge in [-0.2, -0.15) is 18.3 Å². The molecule has 1 aliphatic carbocycles. The molecular weight excluding hydrogens is 613 g/mol. The smallest absolute Gasteiger partial charge is 0.433 e. The van der Waals surface area contributed by atoms with E-state index in [1.54, 1.807) is 12.1 Å². The molecule has 13 heteroatoms. The van der Waals surface area contributed by atoms with E-state index in [0.29, 0.717) is 28.8 Å². The first-order chi connectivity index (χ1) is 22.2. The van der Waals surface area contributed by atoms with Crippen LogP contribution in [0.25, 0.3) is 10.9 Å². The Bertz CT molecular complexity index is 1550. The van der Waals surface area contributed by atoms with E-state index in [-0.39, 0.29) is 17.8 Å². The molecule has 256 valence electrons. The van der Waals surface area contributed by atoms with Crippen molar-refractivity contribution in [3.05, 3.63) is 47.9 Å². The number of halogens is 3. The maximum Gasteiger partial charge on any atom is 0.433 e. The van der Waals surface area contributed by atoms with Crippen molar-refractivity contribution in [2.75, 3.05) is 45.7 Å². The zero-order chi connectivity index (χ0) is 33.9. The molecule has 0 atom stereocenters. The van der Waals surface area contributed by atoms with E-state index in [4.69, 9.17) is 14.6 Å². The molecule has 10 nitrogen and oxygen atoms in total. The number of hydrogen-bond donors (Lipinski definition) is 1. The molecule has 2 amide bonds. The quantitative estimate of drug-likeness (QED) is 0.278. The summed E-state index contributed by atoms with van der Waals surface area (Å²) in [4.78, 5) is 32.9. The molecular formula is C34H45F3N6O4. The predicted octanol–water partition coefficient (Wildman–Crippen LogP) is 7.02. The summed E-state index contributed by atoms with van der Waals surface area (Å²) in [7, 11) is 3.65. The number of fused-ring (bicyclic) bond motifs is 1. The summed E-state index contributed by atoms with van der Waals surface area (Å²) in [6.45, 7) is 9.22. The Morgan fingerprint density at radius 2 is 1.66 bits per heavy atom. The summed E-state index contributed by atoms with van der Waals surface area (Å²) in [5.41, 5.74) is -0.924. The Kier molecular flexibility index (Phi) is 10.3. The molecule has 5 rings (SSSR count). The van der Waals surface area contributed by atoms with Gasteiger partial charge >= 0.3 is 12.3 Å². The number of likely N-dealkylation sites (tertiary alicyclic amines) is 1. The fraction of sp³-hybridized carbons (Fsp3) is 0.588. The van der Waals surface area contributed by atoms with E-state index in [9.17, 15) is 22.8 Å². The largest absolute Gasteiger partial charge is 0.494 e. The number of carbonyl (C=O) groups excluding carboxylic acids is 2. The highest BCUT2D eigenvalue weighted by Gasteiger charge is 2.33. The van der Waals surface area contributed by atoms with Crippen LogP contribution in [0.5, 0.6) is 5.75 Å². The van der Waals surface area contributed by atoms with Crippen molar-refractivity contribution >= 4 is 28.6 Å². The summed E-state index contributed by atoms with van der Waals surface area (Å²) >= 11 is 0. The standard InChI is InChI=1S/C34H45F3N6O4/c1-33(2,3)47-32(45)42-15-13-23(14-16-42)20-41(4)19-22-9-11-25(12-10-22)43-21-24-17-28(29(46-5)18-27(24)40-43)39-31(44)26-7-6-8-30(38-26)34(35,36)37/h6-8,17-18,21-23,25H,9-16,19-20H2,1-5H3,(H,39,44).